The lowest BCUT2D eigenvalue weighted by Crippen LogP contribution is -2.21. The molecule has 0 aliphatic rings. The van der Waals surface area contributed by atoms with Gasteiger partial charge in [-0.2, -0.15) is 0 Å². The molecule has 0 atom stereocenters. The van der Waals surface area contributed by atoms with E-state index in [1.165, 1.54) is 37.3 Å². The molecule has 120 valence electrons. The Balaban J connectivity index is 1.99. The first-order valence-electron chi connectivity index (χ1n) is 6.70. The van der Waals surface area contributed by atoms with Gasteiger partial charge in [0.15, 0.2) is 18.2 Å². The first-order valence-corrected chi connectivity index (χ1v) is 6.70. The minimum atomic E-state index is -0.668. The molecule has 2 aromatic carbocycles. The Bertz CT molecular complexity index is 735. The van der Waals surface area contributed by atoms with E-state index in [4.69, 9.17) is 4.74 Å². The van der Waals surface area contributed by atoms with Crippen molar-refractivity contribution in [2.45, 2.75) is 6.92 Å². The molecule has 5 nitrogen and oxygen atoms in total. The molecule has 0 unspecified atom stereocenters. The molecular weight excluding hydrogens is 306 g/mol. The second-order valence-electron chi connectivity index (χ2n) is 4.64. The Morgan fingerprint density at radius 3 is 2.48 bits per heavy atom. The third kappa shape index (κ3) is 4.77. The lowest BCUT2D eigenvalue weighted by Gasteiger charge is -2.10. The average molecular weight is 320 g/mol. The molecule has 0 spiro atoms. The van der Waals surface area contributed by atoms with E-state index < -0.39 is 24.1 Å². The van der Waals surface area contributed by atoms with E-state index in [-0.39, 0.29) is 17.3 Å². The number of carbonyl (C=O) groups excluding carboxylic acids is 2. The summed E-state index contributed by atoms with van der Waals surface area (Å²) in [7, 11) is 0. The van der Waals surface area contributed by atoms with Gasteiger partial charge in [0, 0.05) is 12.6 Å². The number of rotatable bonds is 5. The van der Waals surface area contributed by atoms with Crippen LogP contribution in [0.4, 0.5) is 20.2 Å². The predicted octanol–water partition coefficient (Wildman–Crippen LogP) is 2.94. The summed E-state index contributed by atoms with van der Waals surface area (Å²) >= 11 is 0. The summed E-state index contributed by atoms with van der Waals surface area (Å²) in [5.41, 5.74) is 0.225. The minimum Gasteiger partial charge on any atom is -0.481 e. The Kier molecular flexibility index (Phi) is 5.24. The zero-order valence-corrected chi connectivity index (χ0v) is 12.2. The topological polar surface area (TPSA) is 67.4 Å². The molecule has 0 bridgehead atoms. The normalized spacial score (nSPS) is 10.0. The number of hydrogen-bond donors (Lipinski definition) is 2. The third-order valence-corrected chi connectivity index (χ3v) is 2.76. The number of ether oxygens (including phenoxy) is 1. The second kappa shape index (κ2) is 7.35. The lowest BCUT2D eigenvalue weighted by atomic mass is 10.2. The van der Waals surface area contributed by atoms with E-state index >= 15 is 0 Å². The molecule has 2 aromatic rings. The summed E-state index contributed by atoms with van der Waals surface area (Å²) in [6.07, 6.45) is 0. The first kappa shape index (κ1) is 16.4. The molecular formula is C16H14F2N2O3. The van der Waals surface area contributed by atoms with Gasteiger partial charge < -0.3 is 15.4 Å². The summed E-state index contributed by atoms with van der Waals surface area (Å²) < 4.78 is 32.0. The van der Waals surface area contributed by atoms with Crippen molar-refractivity contribution in [2.75, 3.05) is 17.2 Å². The lowest BCUT2D eigenvalue weighted by molar-refractivity contribution is -0.118. The highest BCUT2D eigenvalue weighted by atomic mass is 19.1. The van der Waals surface area contributed by atoms with Gasteiger partial charge in [0.05, 0.1) is 5.69 Å². The maximum absolute atomic E-state index is 13.7. The number of carbonyl (C=O) groups is 2. The van der Waals surface area contributed by atoms with E-state index in [9.17, 15) is 18.4 Å². The van der Waals surface area contributed by atoms with Crippen LogP contribution in [0.15, 0.2) is 42.5 Å². The van der Waals surface area contributed by atoms with E-state index in [2.05, 4.69) is 10.6 Å². The third-order valence-electron chi connectivity index (χ3n) is 2.76. The fourth-order valence-corrected chi connectivity index (χ4v) is 1.79. The molecule has 0 aliphatic carbocycles. The molecule has 2 N–H and O–H groups in total. The van der Waals surface area contributed by atoms with Gasteiger partial charge in [-0.25, -0.2) is 8.78 Å². The highest BCUT2D eigenvalue weighted by Gasteiger charge is 2.10. The van der Waals surface area contributed by atoms with Crippen LogP contribution >= 0.6 is 0 Å². The Hall–Kier alpha value is -2.96. The molecule has 0 aromatic heterocycles. The Labute approximate surface area is 131 Å². The van der Waals surface area contributed by atoms with E-state index in [0.29, 0.717) is 5.69 Å². The summed E-state index contributed by atoms with van der Waals surface area (Å²) in [5.74, 6) is -2.32. The van der Waals surface area contributed by atoms with Crippen molar-refractivity contribution in [2.24, 2.45) is 0 Å². The number of halogens is 2. The van der Waals surface area contributed by atoms with Gasteiger partial charge in [-0.05, 0) is 30.3 Å². The van der Waals surface area contributed by atoms with Crippen LogP contribution in [0.5, 0.6) is 5.75 Å². The van der Waals surface area contributed by atoms with Gasteiger partial charge in [-0.3, -0.25) is 9.59 Å². The summed E-state index contributed by atoms with van der Waals surface area (Å²) in [5, 5.41) is 4.77. The van der Waals surface area contributed by atoms with Crippen LogP contribution in [0.1, 0.15) is 6.92 Å². The zero-order chi connectivity index (χ0) is 16.8. The van der Waals surface area contributed by atoms with Gasteiger partial charge in [-0.1, -0.05) is 12.1 Å². The molecule has 7 heteroatoms. The Morgan fingerprint density at radius 2 is 1.78 bits per heavy atom. The van der Waals surface area contributed by atoms with Crippen LogP contribution in [0.2, 0.25) is 0 Å². The highest BCUT2D eigenvalue weighted by molar-refractivity contribution is 5.94. The van der Waals surface area contributed by atoms with Crippen molar-refractivity contribution >= 4 is 23.2 Å². The fourth-order valence-electron chi connectivity index (χ4n) is 1.79. The minimum absolute atomic E-state index is 0.0740. The van der Waals surface area contributed by atoms with Gasteiger partial charge in [0.25, 0.3) is 5.91 Å². The smallest absolute Gasteiger partial charge is 0.262 e. The standard InChI is InChI=1S/C16H14F2N2O3/c1-10(21)19-11-6-7-12(17)14(8-11)20-16(22)9-23-15-5-3-2-4-13(15)18/h2-8H,9H2,1H3,(H,19,21)(H,20,22). The van der Waals surface area contributed by atoms with Gasteiger partial charge in [0.1, 0.15) is 5.82 Å². The van der Waals surface area contributed by atoms with Crippen molar-refractivity contribution < 1.29 is 23.1 Å². The summed E-state index contributed by atoms with van der Waals surface area (Å²) in [6.45, 7) is 0.828. The molecule has 2 rings (SSSR count). The molecule has 0 saturated heterocycles. The molecule has 0 fully saturated rings. The summed E-state index contributed by atoms with van der Waals surface area (Å²) in [6, 6.07) is 9.38. The van der Waals surface area contributed by atoms with Gasteiger partial charge in [0.2, 0.25) is 5.91 Å². The van der Waals surface area contributed by atoms with Crippen LogP contribution in [-0.2, 0) is 9.59 Å². The van der Waals surface area contributed by atoms with Crippen molar-refractivity contribution in [3.8, 4) is 5.75 Å². The van der Waals surface area contributed by atoms with Crippen molar-refractivity contribution in [3.05, 3.63) is 54.1 Å². The molecule has 2 amide bonds. The molecule has 23 heavy (non-hydrogen) atoms. The Morgan fingerprint density at radius 1 is 1.04 bits per heavy atom. The zero-order valence-electron chi connectivity index (χ0n) is 12.2. The molecule has 0 heterocycles. The van der Waals surface area contributed by atoms with Crippen LogP contribution < -0.4 is 15.4 Å². The molecule has 0 radical (unpaired) electrons. The molecule has 0 saturated carbocycles. The number of anilines is 2. The number of nitrogens with one attached hydrogen (secondary N) is 2. The maximum atomic E-state index is 13.7. The monoisotopic (exact) mass is 320 g/mol. The number of amides is 2. The first-order chi connectivity index (χ1) is 11.0. The number of para-hydroxylation sites is 1. The quantitative estimate of drug-likeness (QED) is 0.890. The fraction of sp³-hybridized carbons (Fsp3) is 0.125. The number of hydrogen-bond acceptors (Lipinski definition) is 3. The van der Waals surface area contributed by atoms with E-state index in [0.717, 1.165) is 6.07 Å². The highest BCUT2D eigenvalue weighted by Crippen LogP contribution is 2.20. The van der Waals surface area contributed by atoms with Crippen LogP contribution in [0.3, 0.4) is 0 Å². The SMILES string of the molecule is CC(=O)Nc1ccc(F)c(NC(=O)COc2ccccc2F)c1. The number of benzene rings is 2. The predicted molar refractivity (Wildman–Crippen MR) is 81.2 cm³/mol. The molecule has 0 aliphatic heterocycles. The van der Waals surface area contributed by atoms with Crippen molar-refractivity contribution in [3.63, 3.8) is 0 Å². The largest absolute Gasteiger partial charge is 0.481 e. The van der Waals surface area contributed by atoms with Crippen LogP contribution in [-0.4, -0.2) is 18.4 Å². The van der Waals surface area contributed by atoms with Crippen LogP contribution in [0.25, 0.3) is 0 Å². The summed E-state index contributed by atoms with van der Waals surface area (Å²) in [4.78, 5) is 22.7. The van der Waals surface area contributed by atoms with Gasteiger partial charge in [-0.15, -0.1) is 0 Å². The van der Waals surface area contributed by atoms with E-state index in [1.807, 2.05) is 0 Å². The maximum Gasteiger partial charge on any atom is 0.262 e. The van der Waals surface area contributed by atoms with Crippen LogP contribution in [0, 0.1) is 11.6 Å². The average Bonchev–Trinajstić information content (AvgIpc) is 2.49. The second-order valence-corrected chi connectivity index (χ2v) is 4.64. The van der Waals surface area contributed by atoms with Crippen molar-refractivity contribution in [1.82, 2.24) is 0 Å². The van der Waals surface area contributed by atoms with Crippen molar-refractivity contribution in [1.29, 1.82) is 0 Å². The van der Waals surface area contributed by atoms with Gasteiger partial charge >= 0.3 is 0 Å². The van der Waals surface area contributed by atoms with E-state index in [1.54, 1.807) is 6.07 Å².